The van der Waals surface area contributed by atoms with Crippen molar-refractivity contribution in [2.24, 2.45) is 0 Å². The van der Waals surface area contributed by atoms with E-state index in [0.29, 0.717) is 0 Å². The molecule has 3 aromatic rings. The average Bonchev–Trinajstić information content (AvgIpc) is 2.63. The van der Waals surface area contributed by atoms with Crippen LogP contribution in [0, 0.1) is 0 Å². The molecule has 1 N–H and O–H groups in total. The molecule has 0 amide bonds. The molecule has 0 heterocycles. The Bertz CT molecular complexity index is 945. The molecule has 0 unspecified atom stereocenters. The second kappa shape index (κ2) is 7.32. The molecular formula is C21H22O3PS+. The number of rotatable bonds is 5. The largest absolute Gasteiger partial charge is 0.294 e. The molecular weight excluding hydrogens is 363 g/mol. The smallest absolute Gasteiger partial charge is 0.282 e. The van der Waals surface area contributed by atoms with E-state index in [1.807, 2.05) is 42.5 Å². The lowest BCUT2D eigenvalue weighted by atomic mass is 10.3. The van der Waals surface area contributed by atoms with Gasteiger partial charge in [0.1, 0.15) is 23.2 Å². The van der Waals surface area contributed by atoms with Crippen LogP contribution in [-0.2, 0) is 10.1 Å². The summed E-state index contributed by atoms with van der Waals surface area (Å²) in [6.45, 7) is 4.35. The van der Waals surface area contributed by atoms with E-state index < -0.39 is 17.4 Å². The molecule has 0 saturated heterocycles. The Labute approximate surface area is 155 Å². The zero-order valence-corrected chi connectivity index (χ0v) is 16.5. The third-order valence-corrected chi connectivity index (χ3v) is 10.3. The summed E-state index contributed by atoms with van der Waals surface area (Å²) in [5.74, 6) is 0. The highest BCUT2D eigenvalue weighted by Gasteiger charge is 2.48. The molecule has 0 radical (unpaired) electrons. The molecule has 0 aliphatic rings. The van der Waals surface area contributed by atoms with Crippen molar-refractivity contribution < 1.29 is 13.0 Å². The molecule has 5 heteroatoms. The fourth-order valence-electron chi connectivity index (χ4n) is 3.53. The molecule has 0 aromatic heterocycles. The standard InChI is InChI=1S/C21H21O3PS/c1-17(2)25(18-10-5-3-6-11-18,19-12-7-4-8-13-19)20-14-9-15-21(16-20)26(22,23)24/h3-17H,1-2H3/p+1. The summed E-state index contributed by atoms with van der Waals surface area (Å²) in [4.78, 5) is -0.0631. The fraction of sp³-hybridized carbons (Fsp3) is 0.143. The van der Waals surface area contributed by atoms with Crippen molar-refractivity contribution in [1.29, 1.82) is 0 Å². The molecule has 0 fully saturated rings. The van der Waals surface area contributed by atoms with E-state index in [2.05, 4.69) is 38.1 Å². The summed E-state index contributed by atoms with van der Waals surface area (Å²) in [6, 6.07) is 27.2. The Balaban J connectivity index is 2.39. The molecule has 0 aliphatic carbocycles. The molecule has 0 atom stereocenters. The highest BCUT2D eigenvalue weighted by atomic mass is 32.2. The lowest BCUT2D eigenvalue weighted by molar-refractivity contribution is 0.483. The van der Waals surface area contributed by atoms with E-state index in [1.54, 1.807) is 12.1 Å². The zero-order valence-electron chi connectivity index (χ0n) is 14.8. The van der Waals surface area contributed by atoms with Gasteiger partial charge in [-0.05, 0) is 50.2 Å². The number of benzene rings is 3. The van der Waals surface area contributed by atoms with Crippen LogP contribution >= 0.6 is 7.26 Å². The second-order valence-electron chi connectivity index (χ2n) is 6.46. The Kier molecular flexibility index (Phi) is 5.29. The highest BCUT2D eigenvalue weighted by Crippen LogP contribution is 2.59. The van der Waals surface area contributed by atoms with Gasteiger partial charge >= 0.3 is 0 Å². The predicted molar refractivity (Wildman–Crippen MR) is 110 cm³/mol. The van der Waals surface area contributed by atoms with Crippen LogP contribution in [0.1, 0.15) is 13.8 Å². The minimum Gasteiger partial charge on any atom is -0.282 e. The first-order chi connectivity index (χ1) is 12.4. The normalized spacial score (nSPS) is 12.3. The Hall–Kier alpha value is -2.00. The van der Waals surface area contributed by atoms with Crippen molar-refractivity contribution in [2.45, 2.75) is 24.4 Å². The first kappa shape index (κ1) is 18.8. The quantitative estimate of drug-likeness (QED) is 0.539. The van der Waals surface area contributed by atoms with Gasteiger partial charge in [-0.25, -0.2) is 0 Å². The average molecular weight is 385 g/mol. The van der Waals surface area contributed by atoms with Gasteiger partial charge in [-0.15, -0.1) is 0 Å². The van der Waals surface area contributed by atoms with Gasteiger partial charge in [0.25, 0.3) is 10.1 Å². The van der Waals surface area contributed by atoms with Crippen molar-refractivity contribution in [3.63, 3.8) is 0 Å². The highest BCUT2D eigenvalue weighted by molar-refractivity contribution is 7.96. The summed E-state index contributed by atoms with van der Waals surface area (Å²) in [5.41, 5.74) is 0.254. The van der Waals surface area contributed by atoms with Gasteiger partial charge in [0, 0.05) is 6.07 Å². The minimum absolute atomic E-state index is 0.0631. The van der Waals surface area contributed by atoms with Crippen LogP contribution in [0.15, 0.2) is 89.8 Å². The molecule has 0 spiro atoms. The van der Waals surface area contributed by atoms with E-state index in [0.717, 1.165) is 5.30 Å². The molecule has 26 heavy (non-hydrogen) atoms. The number of hydrogen-bond donors (Lipinski definition) is 1. The maximum Gasteiger partial charge on any atom is 0.294 e. The summed E-state index contributed by atoms with van der Waals surface area (Å²) in [7, 11) is -6.36. The summed E-state index contributed by atoms with van der Waals surface area (Å²) < 4.78 is 33.0. The minimum atomic E-state index is -4.26. The van der Waals surface area contributed by atoms with E-state index >= 15 is 0 Å². The van der Waals surface area contributed by atoms with Crippen LogP contribution < -0.4 is 15.9 Å². The molecule has 0 saturated carbocycles. The predicted octanol–water partition coefficient (Wildman–Crippen LogP) is 3.64. The van der Waals surface area contributed by atoms with Gasteiger partial charge in [0.2, 0.25) is 0 Å². The lowest BCUT2D eigenvalue weighted by Gasteiger charge is -2.31. The van der Waals surface area contributed by atoms with Crippen LogP contribution in [0.25, 0.3) is 0 Å². The van der Waals surface area contributed by atoms with Crippen LogP contribution in [0.4, 0.5) is 0 Å². The third-order valence-electron chi connectivity index (χ3n) is 4.62. The van der Waals surface area contributed by atoms with Gasteiger partial charge in [0.05, 0.1) is 10.6 Å². The van der Waals surface area contributed by atoms with Crippen molar-refractivity contribution in [1.82, 2.24) is 0 Å². The molecule has 0 aliphatic heterocycles. The van der Waals surface area contributed by atoms with Gasteiger partial charge in [-0.3, -0.25) is 4.55 Å². The Morgan fingerprint density at radius 1 is 0.731 bits per heavy atom. The molecule has 3 aromatic carbocycles. The van der Waals surface area contributed by atoms with Crippen molar-refractivity contribution >= 4 is 33.3 Å². The van der Waals surface area contributed by atoms with Gasteiger partial charge in [-0.2, -0.15) is 8.42 Å². The topological polar surface area (TPSA) is 54.4 Å². The molecule has 0 bridgehead atoms. The van der Waals surface area contributed by atoms with Crippen LogP contribution in [0.2, 0.25) is 0 Å². The summed E-state index contributed by atoms with van der Waals surface area (Å²) in [5, 5.41) is 3.32. The second-order valence-corrected chi connectivity index (χ2v) is 11.9. The van der Waals surface area contributed by atoms with Crippen molar-refractivity contribution in [3.05, 3.63) is 84.9 Å². The fourth-order valence-corrected chi connectivity index (χ4v) is 8.78. The van der Waals surface area contributed by atoms with Crippen molar-refractivity contribution in [2.75, 3.05) is 0 Å². The van der Waals surface area contributed by atoms with E-state index in [-0.39, 0.29) is 10.6 Å². The first-order valence-electron chi connectivity index (χ1n) is 8.45. The Morgan fingerprint density at radius 2 is 1.19 bits per heavy atom. The van der Waals surface area contributed by atoms with E-state index in [1.165, 1.54) is 16.7 Å². The zero-order chi connectivity index (χ0) is 18.8. The van der Waals surface area contributed by atoms with E-state index in [9.17, 15) is 13.0 Å². The Morgan fingerprint density at radius 3 is 1.62 bits per heavy atom. The SMILES string of the molecule is CC(C)[P+](c1ccccc1)(c1ccccc1)c1cccc(S(=O)(=O)O)c1. The van der Waals surface area contributed by atoms with E-state index in [4.69, 9.17) is 0 Å². The van der Waals surface area contributed by atoms with Gasteiger partial charge in [-0.1, -0.05) is 42.5 Å². The first-order valence-corrected chi connectivity index (χ1v) is 11.7. The third kappa shape index (κ3) is 3.33. The maximum atomic E-state index is 11.7. The number of hydrogen-bond acceptors (Lipinski definition) is 2. The molecule has 134 valence electrons. The summed E-state index contributed by atoms with van der Waals surface area (Å²) in [6.07, 6.45) is 0. The van der Waals surface area contributed by atoms with Crippen molar-refractivity contribution in [3.8, 4) is 0 Å². The van der Waals surface area contributed by atoms with Gasteiger partial charge < -0.3 is 0 Å². The molecule has 3 nitrogen and oxygen atoms in total. The molecule has 3 rings (SSSR count). The summed E-state index contributed by atoms with van der Waals surface area (Å²) >= 11 is 0. The van der Waals surface area contributed by atoms with Crippen LogP contribution in [0.3, 0.4) is 0 Å². The maximum absolute atomic E-state index is 11.7. The lowest BCUT2D eigenvalue weighted by Crippen LogP contribution is -2.36. The van der Waals surface area contributed by atoms with Crippen LogP contribution in [-0.4, -0.2) is 18.6 Å². The monoisotopic (exact) mass is 385 g/mol. The van der Waals surface area contributed by atoms with Gasteiger partial charge in [0.15, 0.2) is 0 Å². The van der Waals surface area contributed by atoms with Crippen LogP contribution in [0.5, 0.6) is 0 Å².